The van der Waals surface area contributed by atoms with Crippen LogP contribution in [0.1, 0.15) is 6.92 Å². The molecule has 1 atom stereocenters. The molecule has 0 saturated carbocycles. The summed E-state index contributed by atoms with van der Waals surface area (Å²) in [7, 11) is 1.24. The van der Waals surface area contributed by atoms with Crippen LogP contribution in [0.15, 0.2) is 0 Å². The molecule has 0 amide bonds. The van der Waals surface area contributed by atoms with Crippen LogP contribution in [0, 0.1) is 0 Å². The van der Waals surface area contributed by atoms with Gasteiger partial charge in [-0.1, -0.05) is 15.9 Å². The maximum Gasteiger partial charge on any atom is 0.327 e. The Kier molecular flexibility index (Phi) is 3.46. The maximum atomic E-state index is 10.5. The van der Waals surface area contributed by atoms with Crippen LogP contribution in [0.25, 0.3) is 0 Å². The van der Waals surface area contributed by atoms with Gasteiger partial charge in [0.15, 0.2) is 10.6 Å². The number of Topliss-reactive ketones (excluding diaryl/α,β-unsaturated/α-hetero) is 1. The molecule has 0 aromatic rings. The summed E-state index contributed by atoms with van der Waals surface area (Å²) < 4.78 is 4.27. The molecular formula is C5H7BrO3. The van der Waals surface area contributed by atoms with Gasteiger partial charge >= 0.3 is 5.97 Å². The summed E-state index contributed by atoms with van der Waals surface area (Å²) in [6.45, 7) is 1.32. The molecule has 0 unspecified atom stereocenters. The zero-order chi connectivity index (χ0) is 7.44. The van der Waals surface area contributed by atoms with E-state index in [-0.39, 0.29) is 5.78 Å². The van der Waals surface area contributed by atoms with E-state index in [0.717, 1.165) is 0 Å². The monoisotopic (exact) mass is 194 g/mol. The quantitative estimate of drug-likeness (QED) is 0.366. The normalized spacial score (nSPS) is 12.3. The summed E-state index contributed by atoms with van der Waals surface area (Å²) in [6.07, 6.45) is 0. The summed E-state index contributed by atoms with van der Waals surface area (Å²) in [4.78, 5) is 20.1. The Morgan fingerprint density at radius 1 is 1.56 bits per heavy atom. The van der Waals surface area contributed by atoms with Crippen LogP contribution in [0.4, 0.5) is 0 Å². The van der Waals surface area contributed by atoms with Crippen molar-refractivity contribution in [2.45, 2.75) is 11.8 Å². The van der Waals surface area contributed by atoms with Gasteiger partial charge < -0.3 is 4.74 Å². The minimum absolute atomic E-state index is 0.248. The first kappa shape index (κ1) is 8.62. The fourth-order valence-electron chi connectivity index (χ4n) is 0.269. The third-order valence-corrected chi connectivity index (χ3v) is 1.78. The Morgan fingerprint density at radius 3 is 2.11 bits per heavy atom. The zero-order valence-electron chi connectivity index (χ0n) is 5.18. The molecule has 0 aromatic carbocycles. The summed E-state index contributed by atoms with van der Waals surface area (Å²) in [5.41, 5.74) is 0. The molecule has 4 heteroatoms. The second kappa shape index (κ2) is 3.61. The van der Waals surface area contributed by atoms with Crippen LogP contribution < -0.4 is 0 Å². The Bertz CT molecular complexity index is 132. The SMILES string of the molecule is COC(=O)[C@H](Br)C(C)=O. The van der Waals surface area contributed by atoms with E-state index in [0.29, 0.717) is 0 Å². The number of hydrogen-bond acceptors (Lipinski definition) is 3. The first-order valence-electron chi connectivity index (χ1n) is 2.32. The number of alkyl halides is 1. The van der Waals surface area contributed by atoms with Gasteiger partial charge in [0.2, 0.25) is 0 Å². The number of carbonyl (C=O) groups excluding carboxylic acids is 2. The molecule has 0 bridgehead atoms. The average Bonchev–Trinajstić information content (AvgIpc) is 1.84. The predicted octanol–water partition coefficient (Wildman–Crippen LogP) is 0.512. The van der Waals surface area contributed by atoms with Gasteiger partial charge in [-0.15, -0.1) is 0 Å². The van der Waals surface area contributed by atoms with E-state index in [1.807, 2.05) is 0 Å². The van der Waals surface area contributed by atoms with Gasteiger partial charge in [0.05, 0.1) is 7.11 Å². The molecule has 0 heterocycles. The smallest absolute Gasteiger partial charge is 0.327 e. The summed E-state index contributed by atoms with van der Waals surface area (Å²) in [6, 6.07) is 0. The second-order valence-corrected chi connectivity index (χ2v) is 2.41. The van der Waals surface area contributed by atoms with Crippen molar-refractivity contribution in [3.8, 4) is 0 Å². The Labute approximate surface area is 61.5 Å². The van der Waals surface area contributed by atoms with Crippen molar-refractivity contribution in [3.63, 3.8) is 0 Å². The van der Waals surface area contributed by atoms with Crippen LogP contribution in [0.2, 0.25) is 0 Å². The van der Waals surface area contributed by atoms with E-state index < -0.39 is 10.8 Å². The standard InChI is InChI=1S/C5H7BrO3/c1-3(7)4(6)5(8)9-2/h4H,1-2H3/t4-/m1/s1. The molecule has 0 aromatic heterocycles. The first-order valence-corrected chi connectivity index (χ1v) is 3.23. The summed E-state index contributed by atoms with van der Waals surface area (Å²) >= 11 is 2.84. The Morgan fingerprint density at radius 2 is 2.00 bits per heavy atom. The van der Waals surface area contributed by atoms with E-state index >= 15 is 0 Å². The second-order valence-electron chi connectivity index (χ2n) is 1.50. The molecule has 0 spiro atoms. The van der Waals surface area contributed by atoms with Crippen LogP contribution in [0.5, 0.6) is 0 Å². The number of hydrogen-bond donors (Lipinski definition) is 0. The van der Waals surface area contributed by atoms with Gasteiger partial charge in [-0.05, 0) is 6.92 Å². The lowest BCUT2D eigenvalue weighted by Crippen LogP contribution is -2.22. The van der Waals surface area contributed by atoms with Gasteiger partial charge in [-0.25, -0.2) is 0 Å². The highest BCUT2D eigenvalue weighted by atomic mass is 79.9. The lowest BCUT2D eigenvalue weighted by atomic mass is 10.3. The minimum Gasteiger partial charge on any atom is -0.468 e. The molecule has 9 heavy (non-hydrogen) atoms. The van der Waals surface area contributed by atoms with Gasteiger partial charge in [-0.3, -0.25) is 9.59 Å². The molecule has 0 N–H and O–H groups in total. The zero-order valence-corrected chi connectivity index (χ0v) is 6.77. The molecule has 0 aliphatic carbocycles. The van der Waals surface area contributed by atoms with Crippen molar-refractivity contribution in [1.82, 2.24) is 0 Å². The lowest BCUT2D eigenvalue weighted by molar-refractivity contribution is -0.141. The lowest BCUT2D eigenvalue weighted by Gasteiger charge is -2.00. The highest BCUT2D eigenvalue weighted by Crippen LogP contribution is 2.01. The van der Waals surface area contributed by atoms with E-state index in [1.54, 1.807) is 0 Å². The molecular weight excluding hydrogens is 188 g/mol. The van der Waals surface area contributed by atoms with Crippen LogP contribution in [-0.4, -0.2) is 23.7 Å². The Hall–Kier alpha value is -0.380. The van der Waals surface area contributed by atoms with Gasteiger partial charge in [-0.2, -0.15) is 0 Å². The van der Waals surface area contributed by atoms with Crippen molar-refractivity contribution in [2.75, 3.05) is 7.11 Å². The fraction of sp³-hybridized carbons (Fsp3) is 0.600. The molecule has 0 saturated heterocycles. The minimum atomic E-state index is -0.803. The van der Waals surface area contributed by atoms with Crippen molar-refractivity contribution >= 4 is 27.7 Å². The molecule has 3 nitrogen and oxygen atoms in total. The van der Waals surface area contributed by atoms with Crippen molar-refractivity contribution in [1.29, 1.82) is 0 Å². The van der Waals surface area contributed by atoms with Gasteiger partial charge in [0, 0.05) is 0 Å². The number of halogens is 1. The van der Waals surface area contributed by atoms with Gasteiger partial charge in [0.1, 0.15) is 0 Å². The van der Waals surface area contributed by atoms with Crippen LogP contribution in [-0.2, 0) is 14.3 Å². The maximum absolute atomic E-state index is 10.5. The molecule has 0 aliphatic rings. The molecule has 0 aliphatic heterocycles. The number of carbonyl (C=O) groups is 2. The Balaban J connectivity index is 3.88. The number of methoxy groups -OCH3 is 1. The third kappa shape index (κ3) is 2.60. The van der Waals surface area contributed by atoms with E-state index in [4.69, 9.17) is 0 Å². The predicted molar refractivity (Wildman–Crippen MR) is 35.4 cm³/mol. The van der Waals surface area contributed by atoms with E-state index in [2.05, 4.69) is 20.7 Å². The summed E-state index contributed by atoms with van der Waals surface area (Å²) in [5.74, 6) is -0.802. The average molecular weight is 195 g/mol. The molecule has 0 radical (unpaired) electrons. The first-order chi connectivity index (χ1) is 4.09. The van der Waals surface area contributed by atoms with Crippen LogP contribution in [0.3, 0.4) is 0 Å². The number of rotatable bonds is 2. The molecule has 52 valence electrons. The fourth-order valence-corrected chi connectivity index (χ4v) is 0.456. The highest BCUT2D eigenvalue weighted by Gasteiger charge is 2.19. The largest absolute Gasteiger partial charge is 0.468 e. The van der Waals surface area contributed by atoms with Crippen LogP contribution >= 0.6 is 15.9 Å². The number of esters is 1. The van der Waals surface area contributed by atoms with E-state index in [1.165, 1.54) is 14.0 Å². The van der Waals surface area contributed by atoms with Crippen molar-refractivity contribution < 1.29 is 14.3 Å². The third-order valence-electron chi connectivity index (χ3n) is 0.765. The number of ketones is 1. The van der Waals surface area contributed by atoms with Gasteiger partial charge in [0.25, 0.3) is 0 Å². The van der Waals surface area contributed by atoms with E-state index in [9.17, 15) is 9.59 Å². The molecule has 0 rings (SSSR count). The molecule has 0 fully saturated rings. The number of ether oxygens (including phenoxy) is 1. The topological polar surface area (TPSA) is 43.4 Å². The van der Waals surface area contributed by atoms with Crippen molar-refractivity contribution in [3.05, 3.63) is 0 Å². The summed E-state index contributed by atoms with van der Waals surface area (Å²) in [5, 5.41) is 0. The van der Waals surface area contributed by atoms with Crippen molar-refractivity contribution in [2.24, 2.45) is 0 Å². The highest BCUT2D eigenvalue weighted by molar-refractivity contribution is 9.10.